The second-order valence-corrected chi connectivity index (χ2v) is 9.59. The van der Waals surface area contributed by atoms with Crippen molar-refractivity contribution in [2.24, 2.45) is 9.98 Å². The lowest BCUT2D eigenvalue weighted by atomic mass is 10.2. The van der Waals surface area contributed by atoms with Crippen molar-refractivity contribution < 1.29 is 4.74 Å². The van der Waals surface area contributed by atoms with Crippen molar-refractivity contribution in [2.75, 3.05) is 0 Å². The maximum Gasteiger partial charge on any atom is 0.127 e. The smallest absolute Gasteiger partial charge is 0.127 e. The Kier molecular flexibility index (Phi) is 7.08. The Balaban J connectivity index is 1.12. The van der Waals surface area contributed by atoms with Crippen molar-refractivity contribution in [3.05, 3.63) is 133 Å². The van der Waals surface area contributed by atoms with Gasteiger partial charge in [0.25, 0.3) is 0 Å². The van der Waals surface area contributed by atoms with Crippen LogP contribution in [0.3, 0.4) is 0 Å². The molecular formula is C32H22N4OS2. The molecule has 0 aliphatic carbocycles. The molecule has 2 heterocycles. The summed E-state index contributed by atoms with van der Waals surface area (Å²) in [6.45, 7) is 0. The monoisotopic (exact) mass is 542 g/mol. The molecule has 0 aliphatic heterocycles. The lowest BCUT2D eigenvalue weighted by Crippen LogP contribution is -1.95. The number of aromatic nitrogens is 2. The highest BCUT2D eigenvalue weighted by Gasteiger charge is 2.05. The first-order chi connectivity index (χ1) is 19.1. The highest BCUT2D eigenvalue weighted by molar-refractivity contribution is 7.97. The number of nitrogens with zero attached hydrogens (tertiary/aromatic N) is 4. The molecule has 0 amide bonds. The number of pyridine rings is 2. The van der Waals surface area contributed by atoms with Gasteiger partial charge < -0.3 is 4.74 Å². The predicted molar refractivity (Wildman–Crippen MR) is 167 cm³/mol. The maximum absolute atomic E-state index is 6.00. The Morgan fingerprint density at radius 2 is 0.897 bits per heavy atom. The first-order valence-electron chi connectivity index (χ1n) is 12.3. The van der Waals surface area contributed by atoms with Gasteiger partial charge in [0.05, 0.1) is 33.8 Å². The van der Waals surface area contributed by atoms with E-state index in [0.717, 1.165) is 44.6 Å². The summed E-state index contributed by atoms with van der Waals surface area (Å²) >= 11 is 9.14. The molecule has 0 aliphatic rings. The fourth-order valence-electron chi connectivity index (χ4n) is 4.05. The third kappa shape index (κ3) is 5.85. The molecule has 6 aromatic rings. The van der Waals surface area contributed by atoms with E-state index in [-0.39, 0.29) is 0 Å². The Labute approximate surface area is 236 Å². The molecule has 0 atom stereocenters. The van der Waals surface area contributed by atoms with Crippen molar-refractivity contribution in [1.82, 2.24) is 9.97 Å². The van der Waals surface area contributed by atoms with Gasteiger partial charge in [0.1, 0.15) is 21.6 Å². The van der Waals surface area contributed by atoms with E-state index >= 15 is 0 Å². The van der Waals surface area contributed by atoms with E-state index in [9.17, 15) is 0 Å². The quantitative estimate of drug-likeness (QED) is 0.126. The average Bonchev–Trinajstić information content (AvgIpc) is 2.98. The zero-order valence-corrected chi connectivity index (χ0v) is 22.4. The van der Waals surface area contributed by atoms with Gasteiger partial charge in [-0.3, -0.25) is 0 Å². The summed E-state index contributed by atoms with van der Waals surface area (Å²) in [6.07, 6.45) is 0. The Morgan fingerprint density at radius 1 is 0.487 bits per heavy atom. The molecule has 6 rings (SSSR count). The van der Waals surface area contributed by atoms with Crippen LogP contribution in [-0.4, -0.2) is 20.1 Å². The third-order valence-corrected chi connectivity index (χ3v) is 6.69. The standard InChI is InChI=1S/C32H22N4OS2/c38-31(29-19-9-21-5-1-3-7-27(21)35-29)33-23-11-15-25(16-12-23)37-26-17-13-24(14-18-26)34-32(39)30-20-10-22-6-2-4-8-28(22)36-30/h1-20H,(H,33,38)(H,34,39). The summed E-state index contributed by atoms with van der Waals surface area (Å²) < 4.78 is 6.00. The predicted octanol–water partition coefficient (Wildman–Crippen LogP) is 8.59. The van der Waals surface area contributed by atoms with Gasteiger partial charge in [0, 0.05) is 10.8 Å². The van der Waals surface area contributed by atoms with Gasteiger partial charge >= 0.3 is 0 Å². The molecule has 0 radical (unpaired) electrons. The molecule has 188 valence electrons. The molecule has 39 heavy (non-hydrogen) atoms. The van der Waals surface area contributed by atoms with Gasteiger partial charge in [-0.2, -0.15) is 0 Å². The van der Waals surface area contributed by atoms with Gasteiger partial charge in [-0.15, -0.1) is 25.3 Å². The van der Waals surface area contributed by atoms with E-state index in [1.165, 1.54) is 0 Å². The Bertz CT molecular complexity index is 1710. The summed E-state index contributed by atoms with van der Waals surface area (Å²) in [5.41, 5.74) is 4.79. The summed E-state index contributed by atoms with van der Waals surface area (Å²) in [5.74, 6) is 1.40. The van der Waals surface area contributed by atoms with Crippen LogP contribution in [-0.2, 0) is 0 Å². The Hall–Kier alpha value is -4.46. The molecule has 0 bridgehead atoms. The number of thiol groups is 2. The summed E-state index contributed by atoms with van der Waals surface area (Å²) in [5, 5.41) is 3.26. The van der Waals surface area contributed by atoms with Gasteiger partial charge in [-0.05, 0) is 72.8 Å². The first kappa shape index (κ1) is 24.9. The van der Waals surface area contributed by atoms with E-state index in [0.29, 0.717) is 21.6 Å². The molecule has 0 saturated carbocycles. The molecule has 0 spiro atoms. The maximum atomic E-state index is 6.00. The molecule has 5 nitrogen and oxygen atoms in total. The number of para-hydroxylation sites is 2. The van der Waals surface area contributed by atoms with Crippen LogP contribution >= 0.6 is 25.3 Å². The fraction of sp³-hybridized carbons (Fsp3) is 0. The van der Waals surface area contributed by atoms with E-state index < -0.39 is 0 Å². The van der Waals surface area contributed by atoms with Gasteiger partial charge in [-0.25, -0.2) is 20.0 Å². The number of aliphatic imine (C=N–C) groups is 2. The van der Waals surface area contributed by atoms with Crippen LogP contribution in [0.2, 0.25) is 0 Å². The van der Waals surface area contributed by atoms with Crippen LogP contribution in [0.4, 0.5) is 11.4 Å². The minimum Gasteiger partial charge on any atom is -0.457 e. The molecule has 0 N–H and O–H groups in total. The van der Waals surface area contributed by atoms with Crippen molar-refractivity contribution >= 4 is 68.5 Å². The molecule has 4 aromatic carbocycles. The van der Waals surface area contributed by atoms with Crippen LogP contribution in [0.15, 0.2) is 131 Å². The highest BCUT2D eigenvalue weighted by atomic mass is 32.1. The van der Waals surface area contributed by atoms with E-state index in [2.05, 4.69) is 45.2 Å². The zero-order chi connectivity index (χ0) is 26.6. The van der Waals surface area contributed by atoms with Crippen LogP contribution in [0.5, 0.6) is 11.5 Å². The lowest BCUT2D eigenvalue weighted by Gasteiger charge is -2.07. The lowest BCUT2D eigenvalue weighted by molar-refractivity contribution is 0.483. The topological polar surface area (TPSA) is 59.7 Å². The van der Waals surface area contributed by atoms with Crippen LogP contribution in [0.1, 0.15) is 11.4 Å². The first-order valence-corrected chi connectivity index (χ1v) is 13.2. The van der Waals surface area contributed by atoms with E-state index in [1.54, 1.807) is 0 Å². The fourth-order valence-corrected chi connectivity index (χ4v) is 4.53. The van der Waals surface area contributed by atoms with Crippen LogP contribution in [0.25, 0.3) is 21.8 Å². The Morgan fingerprint density at radius 3 is 1.33 bits per heavy atom. The largest absolute Gasteiger partial charge is 0.457 e. The number of fused-ring (bicyclic) bond motifs is 2. The minimum atomic E-state index is 0.549. The van der Waals surface area contributed by atoms with Crippen LogP contribution in [0, 0.1) is 0 Å². The molecule has 0 fully saturated rings. The van der Waals surface area contributed by atoms with Crippen molar-refractivity contribution in [3.63, 3.8) is 0 Å². The van der Waals surface area contributed by atoms with E-state index in [1.807, 2.05) is 121 Å². The molecule has 0 unspecified atom stereocenters. The molecule has 0 saturated heterocycles. The highest BCUT2D eigenvalue weighted by Crippen LogP contribution is 2.27. The second kappa shape index (κ2) is 11.1. The average molecular weight is 543 g/mol. The number of ether oxygens (including phenoxy) is 1. The minimum absolute atomic E-state index is 0.549. The third-order valence-electron chi connectivity index (χ3n) is 6.03. The van der Waals surface area contributed by atoms with Gasteiger partial charge in [0.2, 0.25) is 0 Å². The van der Waals surface area contributed by atoms with Crippen molar-refractivity contribution in [3.8, 4) is 11.5 Å². The van der Waals surface area contributed by atoms with E-state index in [4.69, 9.17) is 4.74 Å². The SMILES string of the molecule is SC(=Nc1ccc(Oc2ccc(N=C(S)c3ccc4ccccc4n3)cc2)cc1)c1ccc2ccccc2n1. The summed E-state index contributed by atoms with van der Waals surface area (Å²) in [4.78, 5) is 18.5. The molecule has 2 aromatic heterocycles. The number of benzene rings is 4. The summed E-state index contributed by atoms with van der Waals surface area (Å²) in [7, 11) is 0. The second-order valence-electron chi connectivity index (χ2n) is 8.74. The molecule has 7 heteroatoms. The number of hydrogen-bond donors (Lipinski definition) is 2. The normalized spacial score (nSPS) is 12.2. The van der Waals surface area contributed by atoms with Gasteiger partial charge in [-0.1, -0.05) is 48.5 Å². The number of hydrogen-bond acceptors (Lipinski definition) is 5. The van der Waals surface area contributed by atoms with Crippen molar-refractivity contribution in [1.29, 1.82) is 0 Å². The van der Waals surface area contributed by atoms with Gasteiger partial charge in [0.15, 0.2) is 0 Å². The van der Waals surface area contributed by atoms with Crippen LogP contribution < -0.4 is 4.74 Å². The van der Waals surface area contributed by atoms with Crippen molar-refractivity contribution in [2.45, 2.75) is 0 Å². The summed E-state index contributed by atoms with van der Waals surface area (Å²) in [6, 6.07) is 38.9. The number of rotatable bonds is 6. The zero-order valence-electron chi connectivity index (χ0n) is 20.6. The molecular weight excluding hydrogens is 521 g/mol.